The highest BCUT2D eigenvalue weighted by Gasteiger charge is 2.15. The van der Waals surface area contributed by atoms with Gasteiger partial charge < -0.3 is 5.11 Å². The third-order valence-corrected chi connectivity index (χ3v) is 4.29. The van der Waals surface area contributed by atoms with Crippen LogP contribution in [-0.4, -0.2) is 18.5 Å². The van der Waals surface area contributed by atoms with Crippen LogP contribution in [0.1, 0.15) is 0 Å². The number of halogens is 2. The Morgan fingerprint density at radius 1 is 1.26 bits per heavy atom. The first kappa shape index (κ1) is 14.1. The van der Waals surface area contributed by atoms with Crippen molar-refractivity contribution in [3.63, 3.8) is 0 Å². The zero-order chi connectivity index (χ0) is 14.0. The molecule has 1 aromatic heterocycles. The lowest BCUT2D eigenvalue weighted by Gasteiger charge is -2.08. The molecule has 0 fully saturated rings. The number of rotatable bonds is 3. The molecule has 0 unspecified atom stereocenters. The number of phenolic OH excluding ortho intramolecular Hbond substituents is 1. The molecule has 2 aromatic rings. The Labute approximate surface area is 123 Å². The quantitative estimate of drug-likeness (QED) is 0.878. The van der Waals surface area contributed by atoms with Crippen molar-refractivity contribution in [1.82, 2.24) is 4.98 Å². The van der Waals surface area contributed by atoms with Crippen molar-refractivity contribution >= 4 is 43.2 Å². The highest BCUT2D eigenvalue weighted by molar-refractivity contribution is 9.10. The van der Waals surface area contributed by atoms with Gasteiger partial charge in [-0.2, -0.15) is 0 Å². The summed E-state index contributed by atoms with van der Waals surface area (Å²) in [4.78, 5) is 3.80. The summed E-state index contributed by atoms with van der Waals surface area (Å²) >= 11 is 8.80. The Morgan fingerprint density at radius 3 is 2.63 bits per heavy atom. The molecule has 5 nitrogen and oxygen atoms in total. The highest BCUT2D eigenvalue weighted by atomic mass is 79.9. The van der Waals surface area contributed by atoms with E-state index >= 15 is 0 Å². The number of sulfonamides is 1. The number of aromatic hydroxyl groups is 1. The Kier molecular flexibility index (Phi) is 3.98. The number of benzene rings is 1. The van der Waals surface area contributed by atoms with Gasteiger partial charge in [-0.25, -0.2) is 8.42 Å². The van der Waals surface area contributed by atoms with Crippen molar-refractivity contribution < 1.29 is 13.5 Å². The fourth-order valence-corrected chi connectivity index (χ4v) is 3.00. The molecule has 0 saturated heterocycles. The number of anilines is 1. The summed E-state index contributed by atoms with van der Waals surface area (Å²) in [6.45, 7) is 0. The Bertz CT molecular complexity index is 722. The average Bonchev–Trinajstić information content (AvgIpc) is 2.33. The normalized spacial score (nSPS) is 11.3. The molecule has 0 aliphatic carbocycles. The number of pyridine rings is 1. The van der Waals surface area contributed by atoms with E-state index in [1.807, 2.05) is 0 Å². The summed E-state index contributed by atoms with van der Waals surface area (Å²) in [6, 6.07) is 5.50. The second-order valence-corrected chi connectivity index (χ2v) is 6.62. The standard InChI is InChI=1S/C11H8BrClN2O3S/c12-7-3-9(6-14-5-7)19(17,18)15-8-1-2-10(13)11(16)4-8/h1-6,15-16H. The maximum atomic E-state index is 12.1. The van der Waals surface area contributed by atoms with E-state index in [1.54, 1.807) is 0 Å². The number of aromatic nitrogens is 1. The molecular weight excluding hydrogens is 356 g/mol. The van der Waals surface area contributed by atoms with Crippen molar-refractivity contribution in [2.24, 2.45) is 0 Å². The predicted molar refractivity (Wildman–Crippen MR) is 75.9 cm³/mol. The van der Waals surface area contributed by atoms with E-state index in [2.05, 4.69) is 25.6 Å². The molecule has 0 amide bonds. The molecule has 2 N–H and O–H groups in total. The minimum absolute atomic E-state index is 0.0105. The van der Waals surface area contributed by atoms with Crippen molar-refractivity contribution in [3.05, 3.63) is 46.2 Å². The van der Waals surface area contributed by atoms with Crippen LogP contribution in [0.25, 0.3) is 0 Å². The molecule has 1 heterocycles. The first-order valence-corrected chi connectivity index (χ1v) is 7.66. The minimum atomic E-state index is -3.76. The largest absolute Gasteiger partial charge is 0.506 e. The SMILES string of the molecule is O=S(=O)(Nc1ccc(Cl)c(O)c1)c1cncc(Br)c1. The number of hydrogen-bond acceptors (Lipinski definition) is 4. The zero-order valence-electron chi connectivity index (χ0n) is 9.34. The van der Waals surface area contributed by atoms with Crippen LogP contribution in [0.3, 0.4) is 0 Å². The van der Waals surface area contributed by atoms with Crippen LogP contribution in [0.2, 0.25) is 5.02 Å². The van der Waals surface area contributed by atoms with E-state index in [9.17, 15) is 13.5 Å². The predicted octanol–water partition coefficient (Wildman–Crippen LogP) is 3.00. The van der Waals surface area contributed by atoms with Crippen LogP contribution in [0.5, 0.6) is 5.75 Å². The Morgan fingerprint density at radius 2 is 2.00 bits per heavy atom. The van der Waals surface area contributed by atoms with E-state index < -0.39 is 10.0 Å². The molecule has 0 spiro atoms. The Hall–Kier alpha value is -1.31. The lowest BCUT2D eigenvalue weighted by molar-refractivity contribution is 0.476. The van der Waals surface area contributed by atoms with Crippen molar-refractivity contribution in [2.45, 2.75) is 4.90 Å². The van der Waals surface area contributed by atoms with Crippen LogP contribution in [0, 0.1) is 0 Å². The topological polar surface area (TPSA) is 79.3 Å². The van der Waals surface area contributed by atoms with Gasteiger partial charge >= 0.3 is 0 Å². The average molecular weight is 364 g/mol. The molecule has 8 heteroatoms. The van der Waals surface area contributed by atoms with Crippen LogP contribution >= 0.6 is 27.5 Å². The van der Waals surface area contributed by atoms with Crippen molar-refractivity contribution in [2.75, 3.05) is 4.72 Å². The van der Waals surface area contributed by atoms with E-state index in [0.29, 0.717) is 4.47 Å². The molecule has 2 rings (SSSR count). The molecule has 0 saturated carbocycles. The summed E-state index contributed by atoms with van der Waals surface area (Å²) in [5.41, 5.74) is 0.210. The molecule has 100 valence electrons. The van der Waals surface area contributed by atoms with Gasteiger partial charge in [-0.3, -0.25) is 9.71 Å². The first-order chi connectivity index (χ1) is 8.88. The molecule has 0 atom stereocenters. The second kappa shape index (κ2) is 5.36. The van der Waals surface area contributed by atoms with Gasteiger partial charge in [-0.15, -0.1) is 0 Å². The highest BCUT2D eigenvalue weighted by Crippen LogP contribution is 2.27. The van der Waals surface area contributed by atoms with Crippen LogP contribution < -0.4 is 4.72 Å². The molecule has 0 bridgehead atoms. The van der Waals surface area contributed by atoms with Gasteiger partial charge in [0, 0.05) is 22.9 Å². The van der Waals surface area contributed by atoms with Crippen molar-refractivity contribution in [1.29, 1.82) is 0 Å². The van der Waals surface area contributed by atoms with Gasteiger partial charge in [0.05, 0.1) is 10.7 Å². The van der Waals surface area contributed by atoms with E-state index in [4.69, 9.17) is 11.6 Å². The van der Waals surface area contributed by atoms with Gasteiger partial charge in [0.1, 0.15) is 10.6 Å². The lowest BCUT2D eigenvalue weighted by atomic mass is 10.3. The smallest absolute Gasteiger partial charge is 0.263 e. The van der Waals surface area contributed by atoms with E-state index in [0.717, 1.165) is 0 Å². The fraction of sp³-hybridized carbons (Fsp3) is 0. The zero-order valence-corrected chi connectivity index (χ0v) is 12.5. The van der Waals surface area contributed by atoms with Crippen molar-refractivity contribution in [3.8, 4) is 5.75 Å². The summed E-state index contributed by atoms with van der Waals surface area (Å²) in [5, 5.41) is 9.57. The number of phenols is 1. The third kappa shape index (κ3) is 3.37. The van der Waals surface area contributed by atoms with Crippen LogP contribution in [0.15, 0.2) is 46.0 Å². The van der Waals surface area contributed by atoms with E-state index in [-0.39, 0.29) is 21.4 Å². The Balaban J connectivity index is 2.33. The summed E-state index contributed by atoms with van der Waals surface area (Å²) in [5.74, 6) is -0.200. The summed E-state index contributed by atoms with van der Waals surface area (Å²) in [6.07, 6.45) is 2.70. The minimum Gasteiger partial charge on any atom is -0.506 e. The van der Waals surface area contributed by atoms with Gasteiger partial charge in [0.25, 0.3) is 10.0 Å². The number of nitrogens with one attached hydrogen (secondary N) is 1. The maximum absolute atomic E-state index is 12.1. The molecule has 0 radical (unpaired) electrons. The van der Waals surface area contributed by atoms with Crippen LogP contribution in [0.4, 0.5) is 5.69 Å². The summed E-state index contributed by atoms with van der Waals surface area (Å²) < 4.78 is 27.0. The second-order valence-electron chi connectivity index (χ2n) is 3.61. The number of hydrogen-bond donors (Lipinski definition) is 2. The molecule has 19 heavy (non-hydrogen) atoms. The number of nitrogens with zero attached hydrogens (tertiary/aromatic N) is 1. The molecule has 0 aliphatic rings. The summed E-state index contributed by atoms with van der Waals surface area (Å²) in [7, 11) is -3.76. The molecular formula is C11H8BrClN2O3S. The first-order valence-electron chi connectivity index (χ1n) is 5.00. The van der Waals surface area contributed by atoms with Gasteiger partial charge in [-0.1, -0.05) is 11.6 Å². The van der Waals surface area contributed by atoms with Gasteiger partial charge in [-0.05, 0) is 34.1 Å². The third-order valence-electron chi connectivity index (χ3n) is 2.19. The molecule has 1 aromatic carbocycles. The maximum Gasteiger partial charge on any atom is 0.263 e. The van der Waals surface area contributed by atoms with Gasteiger partial charge in [0.2, 0.25) is 0 Å². The molecule has 0 aliphatic heterocycles. The van der Waals surface area contributed by atoms with Crippen LogP contribution in [-0.2, 0) is 10.0 Å². The monoisotopic (exact) mass is 362 g/mol. The van der Waals surface area contributed by atoms with Gasteiger partial charge in [0.15, 0.2) is 0 Å². The fourth-order valence-electron chi connectivity index (χ4n) is 1.33. The van der Waals surface area contributed by atoms with E-state index in [1.165, 1.54) is 36.7 Å². The lowest BCUT2D eigenvalue weighted by Crippen LogP contribution is -2.13.